The summed E-state index contributed by atoms with van der Waals surface area (Å²) in [6, 6.07) is 0. The zero-order chi connectivity index (χ0) is 15.1. The van der Waals surface area contributed by atoms with Crippen molar-refractivity contribution in [2.75, 3.05) is 25.7 Å². The number of aliphatic hydroxyl groups excluding tert-OH is 2. The molecule has 5 atom stereocenters. The Morgan fingerprint density at radius 1 is 1.55 bits per heavy atom. The summed E-state index contributed by atoms with van der Waals surface area (Å²) in [6.07, 6.45) is 0.423. The second-order valence-electron chi connectivity index (χ2n) is 4.92. The van der Waals surface area contributed by atoms with Crippen molar-refractivity contribution in [1.29, 1.82) is 0 Å². The first-order chi connectivity index (χ1) is 9.49. The Kier molecular flexibility index (Phi) is 7.83. The first kappa shape index (κ1) is 17.7. The van der Waals surface area contributed by atoms with Gasteiger partial charge in [-0.3, -0.25) is 4.79 Å². The molecule has 6 nitrogen and oxygen atoms in total. The van der Waals surface area contributed by atoms with E-state index in [1.807, 2.05) is 6.26 Å². The molecule has 1 fully saturated rings. The van der Waals surface area contributed by atoms with Gasteiger partial charge in [0.1, 0.15) is 12.7 Å². The number of thioether (sulfide) groups is 1. The van der Waals surface area contributed by atoms with Gasteiger partial charge in [0.15, 0.2) is 6.29 Å². The van der Waals surface area contributed by atoms with Crippen LogP contribution in [0.3, 0.4) is 0 Å². The molecular formula is C13H24O6S. The predicted octanol–water partition coefficient (Wildman–Crippen LogP) is 0.402. The minimum absolute atomic E-state index is 0.0677. The van der Waals surface area contributed by atoms with Gasteiger partial charge in [0.05, 0.1) is 18.1 Å². The van der Waals surface area contributed by atoms with Gasteiger partial charge in [-0.25, -0.2) is 0 Å². The highest BCUT2D eigenvalue weighted by atomic mass is 32.2. The number of hydrogen-bond donors (Lipinski definition) is 2. The Morgan fingerprint density at radius 3 is 2.75 bits per heavy atom. The Hall–Kier alpha value is -0.340. The van der Waals surface area contributed by atoms with E-state index in [4.69, 9.17) is 14.2 Å². The van der Waals surface area contributed by atoms with Crippen LogP contribution in [0.15, 0.2) is 0 Å². The summed E-state index contributed by atoms with van der Waals surface area (Å²) in [5.74, 6) is -0.158. The van der Waals surface area contributed by atoms with Crippen molar-refractivity contribution in [3.8, 4) is 0 Å². The van der Waals surface area contributed by atoms with Crippen molar-refractivity contribution >= 4 is 17.7 Å². The molecular weight excluding hydrogens is 284 g/mol. The van der Waals surface area contributed by atoms with Crippen LogP contribution >= 0.6 is 11.8 Å². The molecule has 0 aromatic carbocycles. The van der Waals surface area contributed by atoms with E-state index in [2.05, 4.69) is 0 Å². The van der Waals surface area contributed by atoms with Gasteiger partial charge in [0.2, 0.25) is 0 Å². The lowest BCUT2D eigenvalue weighted by Crippen LogP contribution is -2.31. The molecule has 0 aromatic heterocycles. The summed E-state index contributed by atoms with van der Waals surface area (Å²) in [5.41, 5.74) is 0. The fraction of sp³-hybridized carbons (Fsp3) is 0.923. The largest absolute Gasteiger partial charge is 0.463 e. The van der Waals surface area contributed by atoms with Crippen molar-refractivity contribution in [3.05, 3.63) is 0 Å². The Labute approximate surface area is 123 Å². The molecule has 1 unspecified atom stereocenters. The van der Waals surface area contributed by atoms with Gasteiger partial charge in [-0.15, -0.1) is 0 Å². The van der Waals surface area contributed by atoms with E-state index >= 15 is 0 Å². The fourth-order valence-electron chi connectivity index (χ4n) is 2.12. The summed E-state index contributed by atoms with van der Waals surface area (Å²) in [5, 5.41) is 19.2. The van der Waals surface area contributed by atoms with E-state index in [0.717, 1.165) is 5.75 Å². The van der Waals surface area contributed by atoms with Gasteiger partial charge in [-0.2, -0.15) is 11.8 Å². The van der Waals surface area contributed by atoms with Gasteiger partial charge in [-0.05, 0) is 25.4 Å². The summed E-state index contributed by atoms with van der Waals surface area (Å²) >= 11 is 1.62. The molecule has 20 heavy (non-hydrogen) atoms. The topological polar surface area (TPSA) is 85.2 Å². The molecule has 0 aromatic rings. The highest BCUT2D eigenvalue weighted by molar-refractivity contribution is 7.98. The maximum Gasteiger partial charge on any atom is 0.311 e. The van der Waals surface area contributed by atoms with Crippen LogP contribution < -0.4 is 0 Å². The van der Waals surface area contributed by atoms with Crippen molar-refractivity contribution in [1.82, 2.24) is 0 Å². The SMILES string of the molecule is COC1O[C@H](COC(=O)[C@H](CCSC)[C@@H](C)O)C[C@@H]1O. The van der Waals surface area contributed by atoms with Crippen molar-refractivity contribution < 1.29 is 29.2 Å². The van der Waals surface area contributed by atoms with Crippen molar-refractivity contribution in [2.24, 2.45) is 5.92 Å². The van der Waals surface area contributed by atoms with Crippen LogP contribution in [-0.2, 0) is 19.0 Å². The Morgan fingerprint density at radius 2 is 2.25 bits per heavy atom. The number of carbonyl (C=O) groups excluding carboxylic acids is 1. The molecule has 118 valence electrons. The summed E-state index contributed by atoms with van der Waals surface area (Å²) < 4.78 is 15.5. The molecule has 1 heterocycles. The van der Waals surface area contributed by atoms with E-state index < -0.39 is 30.4 Å². The summed E-state index contributed by atoms with van der Waals surface area (Å²) in [7, 11) is 1.45. The van der Waals surface area contributed by atoms with Crippen molar-refractivity contribution in [2.45, 2.75) is 44.4 Å². The maximum atomic E-state index is 11.9. The zero-order valence-electron chi connectivity index (χ0n) is 12.2. The second-order valence-corrected chi connectivity index (χ2v) is 5.91. The molecule has 0 aliphatic carbocycles. The molecule has 2 N–H and O–H groups in total. The number of carbonyl (C=O) groups is 1. The van der Waals surface area contributed by atoms with Gasteiger partial charge in [-0.1, -0.05) is 0 Å². The van der Waals surface area contributed by atoms with Gasteiger partial charge in [0.25, 0.3) is 0 Å². The lowest BCUT2D eigenvalue weighted by molar-refractivity contribution is -0.169. The van der Waals surface area contributed by atoms with Crippen LogP contribution in [0.5, 0.6) is 0 Å². The highest BCUT2D eigenvalue weighted by Gasteiger charge is 2.35. The molecule has 7 heteroatoms. The molecule has 1 saturated heterocycles. The van der Waals surface area contributed by atoms with Crippen LogP contribution in [0.4, 0.5) is 0 Å². The average molecular weight is 308 g/mol. The van der Waals surface area contributed by atoms with E-state index in [1.165, 1.54) is 7.11 Å². The molecule has 0 spiro atoms. The smallest absolute Gasteiger partial charge is 0.311 e. The monoisotopic (exact) mass is 308 g/mol. The first-order valence-electron chi connectivity index (χ1n) is 6.69. The number of aliphatic hydroxyl groups is 2. The standard InChI is InChI=1S/C13H24O6S/c1-8(14)10(4-5-20-3)12(16)18-7-9-6-11(15)13(17-2)19-9/h8-11,13-15H,4-7H2,1-3H3/t8-,9+,10-,11+,13?/m1/s1. The first-order valence-corrected chi connectivity index (χ1v) is 8.09. The van der Waals surface area contributed by atoms with Gasteiger partial charge in [0, 0.05) is 13.5 Å². The quantitative estimate of drug-likeness (QED) is 0.628. The molecule has 1 aliphatic rings. The summed E-state index contributed by atoms with van der Waals surface area (Å²) in [4.78, 5) is 11.9. The van der Waals surface area contributed by atoms with Gasteiger partial charge >= 0.3 is 5.97 Å². The van der Waals surface area contributed by atoms with Crippen LogP contribution in [-0.4, -0.2) is 66.5 Å². The molecule has 0 bridgehead atoms. The fourth-order valence-corrected chi connectivity index (χ4v) is 2.61. The molecule has 1 rings (SSSR count). The summed E-state index contributed by atoms with van der Waals surface area (Å²) in [6.45, 7) is 1.65. The molecule has 0 radical (unpaired) electrons. The normalized spacial score (nSPS) is 29.1. The maximum absolute atomic E-state index is 11.9. The number of methoxy groups -OCH3 is 1. The number of rotatable bonds is 8. The predicted molar refractivity (Wildman–Crippen MR) is 75.4 cm³/mol. The third-order valence-corrected chi connectivity index (χ3v) is 3.95. The minimum atomic E-state index is -0.739. The van der Waals surface area contributed by atoms with Crippen LogP contribution in [0.25, 0.3) is 0 Å². The lowest BCUT2D eigenvalue weighted by Gasteiger charge is -2.19. The van der Waals surface area contributed by atoms with E-state index in [-0.39, 0.29) is 12.7 Å². The molecule has 0 saturated carbocycles. The van der Waals surface area contributed by atoms with Crippen LogP contribution in [0, 0.1) is 5.92 Å². The zero-order valence-corrected chi connectivity index (χ0v) is 13.0. The van der Waals surface area contributed by atoms with E-state index in [9.17, 15) is 15.0 Å². The second kappa shape index (κ2) is 8.84. The van der Waals surface area contributed by atoms with Gasteiger partial charge < -0.3 is 24.4 Å². The molecule has 0 amide bonds. The lowest BCUT2D eigenvalue weighted by atomic mass is 10.0. The molecule has 1 aliphatic heterocycles. The Bertz CT molecular complexity index is 299. The van der Waals surface area contributed by atoms with Crippen molar-refractivity contribution in [3.63, 3.8) is 0 Å². The third kappa shape index (κ3) is 5.21. The van der Waals surface area contributed by atoms with Crippen LogP contribution in [0.1, 0.15) is 19.8 Å². The third-order valence-electron chi connectivity index (χ3n) is 3.31. The van der Waals surface area contributed by atoms with E-state index in [0.29, 0.717) is 12.8 Å². The van der Waals surface area contributed by atoms with E-state index in [1.54, 1.807) is 18.7 Å². The number of ether oxygens (including phenoxy) is 3. The average Bonchev–Trinajstić information content (AvgIpc) is 2.77. The Balaban J connectivity index is 2.38. The van der Waals surface area contributed by atoms with Crippen LogP contribution in [0.2, 0.25) is 0 Å². The highest BCUT2D eigenvalue weighted by Crippen LogP contribution is 2.22. The minimum Gasteiger partial charge on any atom is -0.463 e. The number of hydrogen-bond acceptors (Lipinski definition) is 7. The number of esters is 1.